The Labute approximate surface area is 65.4 Å². The Kier molecular flexibility index (Phi) is 4.85. The van der Waals surface area contributed by atoms with Crippen molar-refractivity contribution in [3.8, 4) is 0 Å². The lowest BCUT2D eigenvalue weighted by molar-refractivity contribution is -0.104. The third-order valence-corrected chi connectivity index (χ3v) is 1.15. The fourth-order valence-electron chi connectivity index (χ4n) is 0.577. The summed E-state index contributed by atoms with van der Waals surface area (Å²) in [7, 11) is 0. The summed E-state index contributed by atoms with van der Waals surface area (Å²) in [4.78, 5) is 10.0. The van der Waals surface area contributed by atoms with Crippen LogP contribution in [0, 0.1) is 0 Å². The Balaban J connectivity index is 4.33. The number of carbonyl (C=O) groups is 1. The maximum absolute atomic E-state index is 10.0. The first-order valence-electron chi connectivity index (χ1n) is 3.17. The normalized spacial score (nSPS) is 12.9. The van der Waals surface area contributed by atoms with E-state index >= 15 is 0 Å². The van der Waals surface area contributed by atoms with Crippen molar-refractivity contribution in [3.05, 3.63) is 23.6 Å². The Morgan fingerprint density at radius 1 is 1.73 bits per heavy atom. The molecule has 11 heavy (non-hydrogen) atoms. The van der Waals surface area contributed by atoms with Gasteiger partial charge in [0, 0.05) is 17.3 Å². The van der Waals surface area contributed by atoms with Crippen LogP contribution in [0.15, 0.2) is 23.6 Å². The SMILES string of the molecule is CC(=CO)C(=CC=O)NCN. The van der Waals surface area contributed by atoms with E-state index in [0.717, 1.165) is 6.26 Å². The molecule has 0 aromatic heterocycles. The number of hydrogen-bond donors (Lipinski definition) is 3. The molecule has 0 aliphatic carbocycles. The van der Waals surface area contributed by atoms with Crippen LogP contribution in [0.2, 0.25) is 0 Å². The Hall–Kier alpha value is -1.29. The third kappa shape index (κ3) is 3.42. The first-order chi connectivity index (χ1) is 5.26. The van der Waals surface area contributed by atoms with Gasteiger partial charge < -0.3 is 16.2 Å². The fraction of sp³-hybridized carbons (Fsp3) is 0.286. The van der Waals surface area contributed by atoms with E-state index in [9.17, 15) is 4.79 Å². The molecular weight excluding hydrogens is 144 g/mol. The number of carbonyl (C=O) groups excluding carboxylic acids is 1. The van der Waals surface area contributed by atoms with Crippen LogP contribution in [0.25, 0.3) is 0 Å². The summed E-state index contributed by atoms with van der Waals surface area (Å²) in [6, 6.07) is 0. The highest BCUT2D eigenvalue weighted by Crippen LogP contribution is 2.01. The number of allylic oxidation sites excluding steroid dienone is 2. The molecule has 0 atom stereocenters. The molecule has 0 aromatic carbocycles. The zero-order valence-corrected chi connectivity index (χ0v) is 6.37. The van der Waals surface area contributed by atoms with E-state index in [1.54, 1.807) is 6.92 Å². The summed E-state index contributed by atoms with van der Waals surface area (Å²) in [5, 5.41) is 11.3. The topological polar surface area (TPSA) is 75.3 Å². The molecule has 0 saturated heterocycles. The minimum Gasteiger partial charge on any atom is -0.515 e. The summed E-state index contributed by atoms with van der Waals surface area (Å²) in [5.74, 6) is 0. The average molecular weight is 156 g/mol. The van der Waals surface area contributed by atoms with Crippen LogP contribution in [-0.2, 0) is 4.79 Å². The van der Waals surface area contributed by atoms with Gasteiger partial charge in [0.25, 0.3) is 0 Å². The van der Waals surface area contributed by atoms with Gasteiger partial charge in [0.05, 0.1) is 12.9 Å². The van der Waals surface area contributed by atoms with Gasteiger partial charge in [-0.1, -0.05) is 0 Å². The third-order valence-electron chi connectivity index (χ3n) is 1.15. The molecule has 0 fully saturated rings. The van der Waals surface area contributed by atoms with E-state index in [-0.39, 0.29) is 6.67 Å². The monoisotopic (exact) mass is 156 g/mol. The second-order valence-electron chi connectivity index (χ2n) is 1.91. The molecular formula is C7H12N2O2. The summed E-state index contributed by atoms with van der Waals surface area (Å²) in [6.07, 6.45) is 2.85. The number of hydrogen-bond acceptors (Lipinski definition) is 4. The number of rotatable bonds is 4. The van der Waals surface area contributed by atoms with Crippen LogP contribution in [0.3, 0.4) is 0 Å². The number of aliphatic hydroxyl groups is 1. The predicted octanol–water partition coefficient (Wildman–Crippen LogP) is 0.0368. The summed E-state index contributed by atoms with van der Waals surface area (Å²) in [6.45, 7) is 1.89. The van der Waals surface area contributed by atoms with Gasteiger partial charge in [-0.15, -0.1) is 0 Å². The second kappa shape index (κ2) is 5.49. The van der Waals surface area contributed by atoms with Gasteiger partial charge in [0.1, 0.15) is 6.29 Å². The lowest BCUT2D eigenvalue weighted by Gasteiger charge is -2.06. The van der Waals surface area contributed by atoms with Gasteiger partial charge in [-0.3, -0.25) is 4.79 Å². The maximum atomic E-state index is 10.0. The molecule has 0 amide bonds. The zero-order valence-electron chi connectivity index (χ0n) is 6.37. The van der Waals surface area contributed by atoms with Crippen molar-refractivity contribution >= 4 is 6.29 Å². The molecule has 4 nitrogen and oxygen atoms in total. The van der Waals surface area contributed by atoms with Crippen LogP contribution >= 0.6 is 0 Å². The highest BCUT2D eigenvalue weighted by atomic mass is 16.2. The molecule has 0 saturated carbocycles. The van der Waals surface area contributed by atoms with Crippen molar-refractivity contribution in [2.24, 2.45) is 5.73 Å². The first-order valence-corrected chi connectivity index (χ1v) is 3.17. The molecule has 4 heteroatoms. The first kappa shape index (κ1) is 9.71. The summed E-state index contributed by atoms with van der Waals surface area (Å²) in [5.41, 5.74) is 6.28. The molecule has 0 aromatic rings. The van der Waals surface area contributed by atoms with Gasteiger partial charge in [-0.05, 0) is 6.92 Å². The molecule has 0 unspecified atom stereocenters. The van der Waals surface area contributed by atoms with Crippen molar-refractivity contribution in [1.29, 1.82) is 0 Å². The van der Waals surface area contributed by atoms with Crippen LogP contribution in [0.1, 0.15) is 6.92 Å². The van der Waals surface area contributed by atoms with Gasteiger partial charge in [-0.25, -0.2) is 0 Å². The van der Waals surface area contributed by atoms with Crippen molar-refractivity contribution in [2.75, 3.05) is 6.67 Å². The average Bonchev–Trinajstić information content (AvgIpc) is 2.03. The minimum absolute atomic E-state index is 0.227. The van der Waals surface area contributed by atoms with Crippen molar-refractivity contribution in [3.63, 3.8) is 0 Å². The van der Waals surface area contributed by atoms with Crippen molar-refractivity contribution in [1.82, 2.24) is 5.32 Å². The lowest BCUT2D eigenvalue weighted by atomic mass is 10.2. The smallest absolute Gasteiger partial charge is 0.144 e. The van der Waals surface area contributed by atoms with Crippen LogP contribution < -0.4 is 11.1 Å². The largest absolute Gasteiger partial charge is 0.515 e. The van der Waals surface area contributed by atoms with E-state index in [1.807, 2.05) is 0 Å². The second-order valence-corrected chi connectivity index (χ2v) is 1.91. The quantitative estimate of drug-likeness (QED) is 0.176. The Bertz CT molecular complexity index is 185. The molecule has 62 valence electrons. The number of aliphatic hydroxyl groups excluding tert-OH is 1. The molecule has 0 radical (unpaired) electrons. The molecule has 0 spiro atoms. The predicted molar refractivity (Wildman–Crippen MR) is 42.7 cm³/mol. The molecule has 4 N–H and O–H groups in total. The molecule has 0 rings (SSSR count). The van der Waals surface area contributed by atoms with Crippen molar-refractivity contribution in [2.45, 2.75) is 6.92 Å². The van der Waals surface area contributed by atoms with Crippen LogP contribution in [-0.4, -0.2) is 18.1 Å². The molecule has 0 heterocycles. The van der Waals surface area contributed by atoms with E-state index in [0.29, 0.717) is 17.6 Å². The minimum atomic E-state index is 0.227. The van der Waals surface area contributed by atoms with Gasteiger partial charge in [0.15, 0.2) is 0 Å². The van der Waals surface area contributed by atoms with Crippen LogP contribution in [0.5, 0.6) is 0 Å². The van der Waals surface area contributed by atoms with Gasteiger partial charge in [-0.2, -0.15) is 0 Å². The number of nitrogens with one attached hydrogen (secondary N) is 1. The fourth-order valence-corrected chi connectivity index (χ4v) is 0.577. The summed E-state index contributed by atoms with van der Waals surface area (Å²) < 4.78 is 0. The maximum Gasteiger partial charge on any atom is 0.144 e. The van der Waals surface area contributed by atoms with Gasteiger partial charge >= 0.3 is 0 Å². The summed E-state index contributed by atoms with van der Waals surface area (Å²) >= 11 is 0. The number of aldehydes is 1. The molecule has 0 aliphatic heterocycles. The molecule has 0 bridgehead atoms. The Morgan fingerprint density at radius 2 is 2.36 bits per heavy atom. The van der Waals surface area contributed by atoms with Crippen LogP contribution in [0.4, 0.5) is 0 Å². The lowest BCUT2D eigenvalue weighted by Crippen LogP contribution is -2.22. The number of nitrogens with two attached hydrogens (primary N) is 1. The Morgan fingerprint density at radius 3 is 2.73 bits per heavy atom. The van der Waals surface area contributed by atoms with Crippen molar-refractivity contribution < 1.29 is 9.90 Å². The van der Waals surface area contributed by atoms with E-state index < -0.39 is 0 Å². The highest BCUT2D eigenvalue weighted by Gasteiger charge is 1.95. The molecule has 0 aliphatic rings. The van der Waals surface area contributed by atoms with E-state index in [1.165, 1.54) is 6.08 Å². The van der Waals surface area contributed by atoms with Gasteiger partial charge in [0.2, 0.25) is 0 Å². The van der Waals surface area contributed by atoms with E-state index in [2.05, 4.69) is 5.32 Å². The zero-order chi connectivity index (χ0) is 8.69. The standard InChI is InChI=1S/C7H12N2O2/c1-6(4-11)7(2-3-10)9-5-8/h2-4,9,11H,5,8H2,1H3. The van der Waals surface area contributed by atoms with E-state index in [4.69, 9.17) is 10.8 Å². The highest BCUT2D eigenvalue weighted by molar-refractivity contribution is 5.67.